The second-order valence-corrected chi connectivity index (χ2v) is 8.60. The Morgan fingerprint density at radius 2 is 2.00 bits per heavy atom. The molecular formula is C17H16Cl2N2O5S. The molecule has 0 fully saturated rings. The Morgan fingerprint density at radius 3 is 2.63 bits per heavy atom. The SMILES string of the molecule is COc1ccc(NC(=O)[C@H]2CN(S(C)(=O)=O)c3cc(Cl)ccc3O2)cc1Cl. The van der Waals surface area contributed by atoms with Crippen LogP contribution in [0.4, 0.5) is 11.4 Å². The number of halogens is 2. The van der Waals surface area contributed by atoms with Crippen molar-refractivity contribution < 1.29 is 22.7 Å². The molecule has 7 nitrogen and oxygen atoms in total. The van der Waals surface area contributed by atoms with Crippen LogP contribution in [0.2, 0.25) is 10.0 Å². The van der Waals surface area contributed by atoms with Gasteiger partial charge in [-0.1, -0.05) is 23.2 Å². The highest BCUT2D eigenvalue weighted by Crippen LogP contribution is 2.37. The molecule has 0 aromatic heterocycles. The number of sulfonamides is 1. The lowest BCUT2D eigenvalue weighted by molar-refractivity contribution is -0.122. The van der Waals surface area contributed by atoms with Crippen molar-refractivity contribution in [2.75, 3.05) is 29.5 Å². The Balaban J connectivity index is 1.86. The summed E-state index contributed by atoms with van der Waals surface area (Å²) in [6, 6.07) is 9.33. The molecule has 0 bridgehead atoms. The summed E-state index contributed by atoms with van der Waals surface area (Å²) < 4.78 is 36.2. The summed E-state index contributed by atoms with van der Waals surface area (Å²) in [5, 5.41) is 3.36. The highest BCUT2D eigenvalue weighted by Gasteiger charge is 2.35. The number of ether oxygens (including phenoxy) is 2. The van der Waals surface area contributed by atoms with E-state index in [1.807, 2.05) is 0 Å². The first kappa shape index (κ1) is 19.6. The number of hydrogen-bond donors (Lipinski definition) is 1. The molecule has 10 heteroatoms. The van der Waals surface area contributed by atoms with Crippen LogP contribution in [0.3, 0.4) is 0 Å². The van der Waals surface area contributed by atoms with Crippen molar-refractivity contribution in [3.05, 3.63) is 46.4 Å². The van der Waals surface area contributed by atoms with Gasteiger partial charge in [0, 0.05) is 10.7 Å². The van der Waals surface area contributed by atoms with Crippen LogP contribution < -0.4 is 19.1 Å². The summed E-state index contributed by atoms with van der Waals surface area (Å²) in [4.78, 5) is 12.6. The molecule has 1 aliphatic heterocycles. The molecule has 0 saturated carbocycles. The molecule has 0 saturated heterocycles. The highest BCUT2D eigenvalue weighted by molar-refractivity contribution is 7.92. The number of anilines is 2. The predicted octanol–water partition coefficient (Wildman–Crippen LogP) is 3.17. The van der Waals surface area contributed by atoms with Gasteiger partial charge in [0.25, 0.3) is 5.91 Å². The predicted molar refractivity (Wildman–Crippen MR) is 105 cm³/mol. The first-order valence-electron chi connectivity index (χ1n) is 7.77. The molecular weight excluding hydrogens is 415 g/mol. The molecule has 27 heavy (non-hydrogen) atoms. The molecule has 1 aliphatic rings. The van der Waals surface area contributed by atoms with E-state index in [0.717, 1.165) is 10.6 Å². The fourth-order valence-electron chi connectivity index (χ4n) is 2.64. The molecule has 2 aromatic rings. The number of methoxy groups -OCH3 is 1. The zero-order valence-corrected chi connectivity index (χ0v) is 16.7. The van der Waals surface area contributed by atoms with Gasteiger partial charge in [0.2, 0.25) is 10.0 Å². The Morgan fingerprint density at radius 1 is 1.26 bits per heavy atom. The van der Waals surface area contributed by atoms with Gasteiger partial charge in [-0.25, -0.2) is 8.42 Å². The van der Waals surface area contributed by atoms with Crippen LogP contribution in [0, 0.1) is 0 Å². The summed E-state index contributed by atoms with van der Waals surface area (Å²) in [7, 11) is -2.15. The smallest absolute Gasteiger partial charge is 0.267 e. The first-order valence-corrected chi connectivity index (χ1v) is 10.4. The first-order chi connectivity index (χ1) is 12.7. The Bertz CT molecular complexity index is 997. The van der Waals surface area contributed by atoms with Crippen LogP contribution in [0.25, 0.3) is 0 Å². The molecule has 0 spiro atoms. The number of amides is 1. The molecule has 1 N–H and O–H groups in total. The number of hydrogen-bond acceptors (Lipinski definition) is 5. The Kier molecular flexibility index (Phi) is 5.41. The number of fused-ring (bicyclic) bond motifs is 1. The fourth-order valence-corrected chi connectivity index (χ4v) is 3.97. The second kappa shape index (κ2) is 7.46. The van der Waals surface area contributed by atoms with Crippen LogP contribution in [0.15, 0.2) is 36.4 Å². The van der Waals surface area contributed by atoms with Crippen molar-refractivity contribution in [3.8, 4) is 11.5 Å². The number of carbonyl (C=O) groups excluding carboxylic acids is 1. The van der Waals surface area contributed by atoms with E-state index < -0.39 is 22.0 Å². The van der Waals surface area contributed by atoms with E-state index in [0.29, 0.717) is 27.2 Å². The largest absolute Gasteiger partial charge is 0.495 e. The van der Waals surface area contributed by atoms with Crippen molar-refractivity contribution in [1.29, 1.82) is 0 Å². The molecule has 0 unspecified atom stereocenters. The maximum Gasteiger partial charge on any atom is 0.267 e. The minimum atomic E-state index is -3.63. The zero-order chi connectivity index (χ0) is 19.8. The van der Waals surface area contributed by atoms with Gasteiger partial charge in [0.15, 0.2) is 6.10 Å². The molecule has 0 radical (unpaired) electrons. The van der Waals surface area contributed by atoms with Crippen LogP contribution in [-0.4, -0.2) is 40.3 Å². The lowest BCUT2D eigenvalue weighted by Crippen LogP contribution is -2.48. The van der Waals surface area contributed by atoms with Crippen LogP contribution >= 0.6 is 23.2 Å². The number of nitrogens with one attached hydrogen (secondary N) is 1. The van der Waals surface area contributed by atoms with E-state index in [9.17, 15) is 13.2 Å². The van der Waals surface area contributed by atoms with E-state index in [1.54, 1.807) is 18.2 Å². The van der Waals surface area contributed by atoms with E-state index in [2.05, 4.69) is 5.32 Å². The van der Waals surface area contributed by atoms with Gasteiger partial charge >= 0.3 is 0 Å². The monoisotopic (exact) mass is 430 g/mol. The van der Waals surface area contributed by atoms with Gasteiger partial charge in [-0.2, -0.15) is 0 Å². The van der Waals surface area contributed by atoms with E-state index in [4.69, 9.17) is 32.7 Å². The van der Waals surface area contributed by atoms with Crippen molar-refractivity contribution in [2.24, 2.45) is 0 Å². The third-order valence-corrected chi connectivity index (χ3v) is 5.58. The van der Waals surface area contributed by atoms with E-state index >= 15 is 0 Å². The van der Waals surface area contributed by atoms with Gasteiger partial charge in [-0.05, 0) is 36.4 Å². The third kappa shape index (κ3) is 4.23. The zero-order valence-electron chi connectivity index (χ0n) is 14.4. The van der Waals surface area contributed by atoms with Crippen molar-refractivity contribution in [3.63, 3.8) is 0 Å². The number of rotatable bonds is 4. The average Bonchev–Trinajstić information content (AvgIpc) is 2.60. The van der Waals surface area contributed by atoms with Crippen LogP contribution in [0.5, 0.6) is 11.5 Å². The van der Waals surface area contributed by atoms with Crippen LogP contribution in [0.1, 0.15) is 0 Å². The lowest BCUT2D eigenvalue weighted by Gasteiger charge is -2.34. The molecule has 1 amide bonds. The van der Waals surface area contributed by atoms with Crippen molar-refractivity contribution >= 4 is 50.5 Å². The second-order valence-electron chi connectivity index (χ2n) is 5.85. The maximum atomic E-state index is 12.6. The molecule has 1 heterocycles. The Hall–Kier alpha value is -2.16. The molecule has 0 aliphatic carbocycles. The Labute approximate surface area is 166 Å². The summed E-state index contributed by atoms with van der Waals surface area (Å²) in [5.74, 6) is 0.215. The number of benzene rings is 2. The highest BCUT2D eigenvalue weighted by atomic mass is 35.5. The third-order valence-electron chi connectivity index (χ3n) is 3.90. The van der Waals surface area contributed by atoms with Gasteiger partial charge in [-0.15, -0.1) is 0 Å². The van der Waals surface area contributed by atoms with Gasteiger partial charge in [0.1, 0.15) is 11.5 Å². The summed E-state index contributed by atoms with van der Waals surface area (Å²) in [6.45, 7) is -0.179. The number of nitrogens with zero attached hydrogens (tertiary/aromatic N) is 1. The minimum Gasteiger partial charge on any atom is -0.495 e. The standard InChI is InChI=1S/C17H16Cl2N2O5S/c1-25-14-6-4-11(8-12(14)19)20-17(22)16-9-21(27(2,23)24)13-7-10(18)3-5-15(13)26-16/h3-8,16H,9H2,1-2H3,(H,20,22)/t16-/m1/s1. The molecule has 144 valence electrons. The van der Waals surface area contributed by atoms with E-state index in [-0.39, 0.29) is 12.3 Å². The maximum absolute atomic E-state index is 12.6. The molecule has 3 rings (SSSR count). The van der Waals surface area contributed by atoms with Crippen molar-refractivity contribution in [1.82, 2.24) is 0 Å². The average molecular weight is 431 g/mol. The van der Waals surface area contributed by atoms with Gasteiger partial charge < -0.3 is 14.8 Å². The summed E-state index contributed by atoms with van der Waals surface area (Å²) in [6.07, 6.45) is 0.00980. The van der Waals surface area contributed by atoms with Gasteiger partial charge in [-0.3, -0.25) is 9.10 Å². The summed E-state index contributed by atoms with van der Waals surface area (Å²) >= 11 is 12.0. The van der Waals surface area contributed by atoms with Crippen molar-refractivity contribution in [2.45, 2.75) is 6.10 Å². The summed E-state index contributed by atoms with van der Waals surface area (Å²) in [5.41, 5.74) is 0.726. The van der Waals surface area contributed by atoms with Gasteiger partial charge in [0.05, 0.1) is 30.6 Å². The van der Waals surface area contributed by atoms with E-state index in [1.165, 1.54) is 25.3 Å². The minimum absolute atomic E-state index is 0.179. The molecule has 2 aromatic carbocycles. The molecule has 1 atom stereocenters. The van der Waals surface area contributed by atoms with Crippen LogP contribution in [-0.2, 0) is 14.8 Å². The quantitative estimate of drug-likeness (QED) is 0.804. The topological polar surface area (TPSA) is 84.9 Å². The fraction of sp³-hybridized carbons (Fsp3) is 0.235. The lowest BCUT2D eigenvalue weighted by atomic mass is 10.2. The number of carbonyl (C=O) groups is 1. The normalized spacial score (nSPS) is 16.3.